The van der Waals surface area contributed by atoms with Crippen molar-refractivity contribution in [3.63, 3.8) is 0 Å². The van der Waals surface area contributed by atoms with E-state index in [1.165, 1.54) is 41.7 Å². The predicted octanol–water partition coefficient (Wildman–Crippen LogP) is 5.46. The number of amides is 3. The highest BCUT2D eigenvalue weighted by atomic mass is 32.1. The normalized spacial score (nSPS) is 16.9. The van der Waals surface area contributed by atoms with Crippen LogP contribution in [0.5, 0.6) is 0 Å². The van der Waals surface area contributed by atoms with Gasteiger partial charge in [-0.3, -0.25) is 15.0 Å². The number of benzene rings is 2. The van der Waals surface area contributed by atoms with Crippen LogP contribution in [-0.4, -0.2) is 58.9 Å². The third-order valence-corrected chi connectivity index (χ3v) is 8.38. The summed E-state index contributed by atoms with van der Waals surface area (Å²) in [4.78, 5) is 34.3. The Morgan fingerprint density at radius 3 is 2.16 bits per heavy atom. The molecule has 1 saturated carbocycles. The van der Waals surface area contributed by atoms with Crippen LogP contribution in [-0.2, 0) is 11.2 Å². The minimum absolute atomic E-state index is 0.165. The van der Waals surface area contributed by atoms with Crippen LogP contribution >= 0.6 is 11.3 Å². The third kappa shape index (κ3) is 6.99. The molecule has 38 heavy (non-hydrogen) atoms. The molecule has 2 aliphatic rings. The number of aromatic nitrogens is 1. The average molecular weight is 532 g/mol. The minimum atomic E-state index is -0.184. The van der Waals surface area contributed by atoms with Crippen molar-refractivity contribution in [3.8, 4) is 0 Å². The number of carbonyl (C=O) groups is 2. The molecule has 0 spiro atoms. The van der Waals surface area contributed by atoms with E-state index in [-0.39, 0.29) is 24.0 Å². The zero-order valence-electron chi connectivity index (χ0n) is 21.9. The summed E-state index contributed by atoms with van der Waals surface area (Å²) in [5, 5.41) is 8.44. The van der Waals surface area contributed by atoms with Gasteiger partial charge in [-0.1, -0.05) is 79.9 Å². The van der Waals surface area contributed by atoms with Crippen LogP contribution in [0, 0.1) is 0 Å². The Morgan fingerprint density at radius 2 is 1.53 bits per heavy atom. The number of nitrogens with zero attached hydrogens (tertiary/aromatic N) is 3. The lowest BCUT2D eigenvalue weighted by Crippen LogP contribution is -2.49. The molecule has 2 N–H and O–H groups in total. The molecule has 2 aromatic carbocycles. The Bertz CT molecular complexity index is 1130. The van der Waals surface area contributed by atoms with Crippen molar-refractivity contribution in [2.45, 2.75) is 57.0 Å². The SMILES string of the molecule is O=C(Nc1nc(CCC(=O)N2CCN(C(c3ccccc3)c3ccccc3)CC2)cs1)NC1CCCCC1. The molecule has 5 rings (SSSR count). The molecule has 0 radical (unpaired) electrons. The van der Waals surface area contributed by atoms with Crippen LogP contribution in [0.3, 0.4) is 0 Å². The highest BCUT2D eigenvalue weighted by Gasteiger charge is 2.28. The lowest BCUT2D eigenvalue weighted by molar-refractivity contribution is -0.133. The highest BCUT2D eigenvalue weighted by Crippen LogP contribution is 2.29. The maximum absolute atomic E-state index is 13.0. The predicted molar refractivity (Wildman–Crippen MR) is 152 cm³/mol. The second-order valence-corrected chi connectivity index (χ2v) is 11.1. The van der Waals surface area contributed by atoms with Gasteiger partial charge in [-0.05, 0) is 30.4 Å². The number of hydrogen-bond donors (Lipinski definition) is 2. The standard InChI is InChI=1S/C30H37N5O2S/c36-27(17-16-26-22-38-30(32-26)33-29(37)31-25-14-8-3-9-15-25)34-18-20-35(21-19-34)28(23-10-4-1-5-11-23)24-12-6-2-7-13-24/h1-2,4-7,10-13,22,25,28H,3,8-9,14-21H2,(H2,31,32,33,37). The van der Waals surface area contributed by atoms with Crippen molar-refractivity contribution < 1.29 is 9.59 Å². The average Bonchev–Trinajstić information content (AvgIpc) is 3.41. The van der Waals surface area contributed by atoms with Crippen LogP contribution in [0.4, 0.5) is 9.93 Å². The quantitative estimate of drug-likeness (QED) is 0.405. The number of thiazole rings is 1. The molecule has 3 amide bonds. The highest BCUT2D eigenvalue weighted by molar-refractivity contribution is 7.13. The van der Waals surface area contributed by atoms with E-state index in [9.17, 15) is 9.59 Å². The van der Waals surface area contributed by atoms with Crippen molar-refractivity contribution in [1.82, 2.24) is 20.1 Å². The van der Waals surface area contributed by atoms with Crippen LogP contribution < -0.4 is 10.6 Å². The van der Waals surface area contributed by atoms with Crippen molar-refractivity contribution in [2.24, 2.45) is 0 Å². The summed E-state index contributed by atoms with van der Waals surface area (Å²) in [5.74, 6) is 0.165. The number of hydrogen-bond acceptors (Lipinski definition) is 5. The van der Waals surface area contributed by atoms with E-state index >= 15 is 0 Å². The van der Waals surface area contributed by atoms with Crippen molar-refractivity contribution in [2.75, 3.05) is 31.5 Å². The third-order valence-electron chi connectivity index (χ3n) is 7.57. The van der Waals surface area contributed by atoms with E-state index in [1.807, 2.05) is 10.3 Å². The number of carbonyl (C=O) groups excluding carboxylic acids is 2. The van der Waals surface area contributed by atoms with Crippen molar-refractivity contribution in [1.29, 1.82) is 0 Å². The monoisotopic (exact) mass is 531 g/mol. The largest absolute Gasteiger partial charge is 0.340 e. The Hall–Kier alpha value is -3.23. The molecule has 1 aliphatic carbocycles. The van der Waals surface area contributed by atoms with Crippen molar-refractivity contribution in [3.05, 3.63) is 82.9 Å². The maximum atomic E-state index is 13.0. The molecule has 7 nitrogen and oxygen atoms in total. The Balaban J connectivity index is 1.10. The fourth-order valence-electron chi connectivity index (χ4n) is 5.55. The zero-order chi connectivity index (χ0) is 26.2. The molecule has 1 aromatic heterocycles. The summed E-state index contributed by atoms with van der Waals surface area (Å²) in [6, 6.07) is 21.5. The molecule has 3 aromatic rings. The van der Waals surface area contributed by atoms with E-state index in [2.05, 4.69) is 81.2 Å². The van der Waals surface area contributed by atoms with Crippen LogP contribution in [0.2, 0.25) is 0 Å². The molecule has 0 atom stereocenters. The van der Waals surface area contributed by atoms with E-state index in [1.54, 1.807) is 0 Å². The number of rotatable bonds is 8. The maximum Gasteiger partial charge on any atom is 0.321 e. The summed E-state index contributed by atoms with van der Waals surface area (Å²) in [6.45, 7) is 3.11. The molecule has 0 unspecified atom stereocenters. The second-order valence-electron chi connectivity index (χ2n) is 10.2. The molecule has 200 valence electrons. The zero-order valence-corrected chi connectivity index (χ0v) is 22.7. The van der Waals surface area contributed by atoms with E-state index < -0.39 is 0 Å². The number of urea groups is 1. The first-order chi connectivity index (χ1) is 18.7. The molecular formula is C30H37N5O2S. The minimum Gasteiger partial charge on any atom is -0.340 e. The first-order valence-corrected chi connectivity index (χ1v) is 14.7. The number of nitrogens with one attached hydrogen (secondary N) is 2. The summed E-state index contributed by atoms with van der Waals surface area (Å²) < 4.78 is 0. The summed E-state index contributed by atoms with van der Waals surface area (Å²) >= 11 is 1.41. The number of anilines is 1. The molecule has 0 bridgehead atoms. The molecule has 2 fully saturated rings. The lowest BCUT2D eigenvalue weighted by Gasteiger charge is -2.39. The number of piperazine rings is 1. The van der Waals surface area contributed by atoms with Crippen molar-refractivity contribution >= 4 is 28.4 Å². The van der Waals surface area contributed by atoms with Gasteiger partial charge in [0.05, 0.1) is 11.7 Å². The van der Waals surface area contributed by atoms with Gasteiger partial charge in [0.25, 0.3) is 0 Å². The van der Waals surface area contributed by atoms with Crippen LogP contribution in [0.15, 0.2) is 66.0 Å². The number of aryl methyl sites for hydroxylation is 1. The molecular weight excluding hydrogens is 494 g/mol. The second kappa shape index (κ2) is 13.0. The van der Waals surface area contributed by atoms with Crippen LogP contribution in [0.25, 0.3) is 0 Å². The van der Waals surface area contributed by atoms with Gasteiger partial charge in [0, 0.05) is 44.0 Å². The molecule has 1 saturated heterocycles. The smallest absolute Gasteiger partial charge is 0.321 e. The summed E-state index contributed by atoms with van der Waals surface area (Å²) in [5.41, 5.74) is 3.40. The fraction of sp³-hybridized carbons (Fsp3) is 0.433. The van der Waals surface area contributed by atoms with Crippen LogP contribution in [0.1, 0.15) is 61.4 Å². The Kier molecular flexibility index (Phi) is 9.04. The Labute approximate surface area is 229 Å². The molecule has 8 heteroatoms. The van der Waals surface area contributed by atoms with Gasteiger partial charge in [0.15, 0.2) is 5.13 Å². The first-order valence-electron chi connectivity index (χ1n) is 13.8. The lowest BCUT2D eigenvalue weighted by atomic mass is 9.96. The van der Waals surface area contributed by atoms with Gasteiger partial charge in [-0.15, -0.1) is 11.3 Å². The van der Waals surface area contributed by atoms with Gasteiger partial charge in [0.2, 0.25) is 5.91 Å². The van der Waals surface area contributed by atoms with E-state index in [4.69, 9.17) is 0 Å². The van der Waals surface area contributed by atoms with Gasteiger partial charge in [-0.2, -0.15) is 0 Å². The van der Waals surface area contributed by atoms with Gasteiger partial charge in [-0.25, -0.2) is 9.78 Å². The fourth-order valence-corrected chi connectivity index (χ4v) is 6.29. The topological polar surface area (TPSA) is 77.6 Å². The molecule has 2 heterocycles. The first kappa shape index (κ1) is 26.4. The summed E-state index contributed by atoms with van der Waals surface area (Å²) in [6.07, 6.45) is 6.71. The van der Waals surface area contributed by atoms with Gasteiger partial charge in [0.1, 0.15) is 0 Å². The van der Waals surface area contributed by atoms with E-state index in [0.29, 0.717) is 18.0 Å². The summed E-state index contributed by atoms with van der Waals surface area (Å²) in [7, 11) is 0. The van der Waals surface area contributed by atoms with E-state index in [0.717, 1.165) is 44.7 Å². The molecule has 1 aliphatic heterocycles. The van der Waals surface area contributed by atoms with Gasteiger partial charge < -0.3 is 10.2 Å². The Morgan fingerprint density at radius 1 is 0.895 bits per heavy atom. The van der Waals surface area contributed by atoms with Gasteiger partial charge >= 0.3 is 6.03 Å².